The van der Waals surface area contributed by atoms with Crippen LogP contribution < -0.4 is 69.3 Å². The Hall–Kier alpha value is 0.850. The van der Waals surface area contributed by atoms with Crippen molar-refractivity contribution in [1.29, 1.82) is 0 Å². The Labute approximate surface area is 226 Å². The molecule has 30 heavy (non-hydrogen) atoms. The average molecular weight is 467 g/mol. The molecule has 2 unspecified atom stereocenters. The SMILES string of the molecule is CCCCCCCCC(C(=O)[O-])C(CCCCCCCC)(C(=O)[O-])S(=O)(=O)O.[Na+].[Na+]. The molecule has 0 heterocycles. The van der Waals surface area contributed by atoms with Gasteiger partial charge in [0.25, 0.3) is 10.1 Å². The Kier molecular flexibility index (Phi) is 22.8. The van der Waals surface area contributed by atoms with Gasteiger partial charge < -0.3 is 19.8 Å². The molecule has 0 bridgehead atoms. The Balaban J connectivity index is -0.00000364. The second-order valence-electron chi connectivity index (χ2n) is 7.60. The summed E-state index contributed by atoms with van der Waals surface area (Å²) in [7, 11) is -5.20. The van der Waals surface area contributed by atoms with Crippen LogP contribution in [0.1, 0.15) is 104 Å². The smallest absolute Gasteiger partial charge is 0.550 e. The normalized spacial score (nSPS) is 14.1. The topological polar surface area (TPSA) is 135 Å². The van der Waals surface area contributed by atoms with Crippen molar-refractivity contribution in [1.82, 2.24) is 0 Å². The van der Waals surface area contributed by atoms with Gasteiger partial charge in [-0.3, -0.25) is 4.55 Å². The van der Waals surface area contributed by atoms with E-state index < -0.39 is 39.1 Å². The zero-order valence-corrected chi connectivity index (χ0v) is 24.1. The number of unbranched alkanes of at least 4 members (excludes halogenated alkanes) is 10. The van der Waals surface area contributed by atoms with E-state index in [-0.39, 0.29) is 72.0 Å². The number of aliphatic carboxylic acids is 2. The molecular formula is C20H36Na2O7S. The first-order valence-electron chi connectivity index (χ1n) is 10.5. The largest absolute Gasteiger partial charge is 1.00 e. The Bertz CT molecular complexity index is 570. The fourth-order valence-electron chi connectivity index (χ4n) is 3.67. The summed E-state index contributed by atoms with van der Waals surface area (Å²) in [6.45, 7) is 4.11. The van der Waals surface area contributed by atoms with Crippen LogP contribution >= 0.6 is 0 Å². The molecule has 0 aromatic carbocycles. The van der Waals surface area contributed by atoms with Crippen molar-refractivity contribution in [3.05, 3.63) is 0 Å². The minimum absolute atomic E-state index is 0. The van der Waals surface area contributed by atoms with E-state index in [1.807, 2.05) is 6.92 Å². The van der Waals surface area contributed by atoms with E-state index in [1.54, 1.807) is 0 Å². The summed E-state index contributed by atoms with van der Waals surface area (Å²) >= 11 is 0. The molecule has 0 radical (unpaired) electrons. The first-order valence-corrected chi connectivity index (χ1v) is 12.0. The minimum atomic E-state index is -5.20. The minimum Gasteiger partial charge on any atom is -0.550 e. The molecule has 0 aliphatic carbocycles. The van der Waals surface area contributed by atoms with Gasteiger partial charge in [-0.25, -0.2) is 0 Å². The first kappa shape index (κ1) is 35.4. The van der Waals surface area contributed by atoms with Gasteiger partial charge in [0, 0.05) is 11.9 Å². The van der Waals surface area contributed by atoms with E-state index >= 15 is 0 Å². The van der Waals surface area contributed by atoms with E-state index in [0.29, 0.717) is 19.3 Å². The molecular weight excluding hydrogens is 430 g/mol. The van der Waals surface area contributed by atoms with E-state index in [2.05, 4.69) is 6.92 Å². The van der Waals surface area contributed by atoms with Crippen molar-refractivity contribution in [2.24, 2.45) is 5.92 Å². The number of carbonyl (C=O) groups excluding carboxylic acids is 2. The number of rotatable bonds is 18. The van der Waals surface area contributed by atoms with Gasteiger partial charge in [0.2, 0.25) is 0 Å². The maximum atomic E-state index is 12.0. The first-order chi connectivity index (χ1) is 13.1. The van der Waals surface area contributed by atoms with Crippen LogP contribution in [0.25, 0.3) is 0 Å². The van der Waals surface area contributed by atoms with Crippen LogP contribution in [-0.4, -0.2) is 29.7 Å². The van der Waals surface area contributed by atoms with Crippen LogP contribution in [0.4, 0.5) is 0 Å². The van der Waals surface area contributed by atoms with E-state index in [9.17, 15) is 32.8 Å². The van der Waals surface area contributed by atoms with E-state index in [1.165, 1.54) is 0 Å². The van der Waals surface area contributed by atoms with Crippen LogP contribution in [0.3, 0.4) is 0 Å². The molecule has 2 atom stereocenters. The van der Waals surface area contributed by atoms with Crippen molar-refractivity contribution in [3.63, 3.8) is 0 Å². The number of carbonyl (C=O) groups is 2. The molecule has 0 aliphatic heterocycles. The zero-order valence-electron chi connectivity index (χ0n) is 19.3. The van der Waals surface area contributed by atoms with Crippen molar-refractivity contribution < 1.29 is 91.9 Å². The number of carboxylic acid groups (broad SMARTS) is 2. The molecule has 7 nitrogen and oxygen atoms in total. The molecule has 0 saturated carbocycles. The van der Waals surface area contributed by atoms with Gasteiger partial charge in [0.05, 0.1) is 5.97 Å². The predicted octanol–water partition coefficient (Wildman–Crippen LogP) is -3.76. The summed E-state index contributed by atoms with van der Waals surface area (Å²) in [5.41, 5.74) is 0. The third kappa shape index (κ3) is 12.2. The van der Waals surface area contributed by atoms with E-state index in [0.717, 1.165) is 51.4 Å². The number of carboxylic acids is 2. The van der Waals surface area contributed by atoms with Gasteiger partial charge >= 0.3 is 59.1 Å². The molecule has 0 aromatic heterocycles. The van der Waals surface area contributed by atoms with Crippen molar-refractivity contribution in [2.75, 3.05) is 0 Å². The Morgan fingerprint density at radius 2 is 1.20 bits per heavy atom. The molecule has 0 saturated heterocycles. The second-order valence-corrected chi connectivity index (χ2v) is 9.28. The third-order valence-corrected chi connectivity index (χ3v) is 6.98. The summed E-state index contributed by atoms with van der Waals surface area (Å²) < 4.78 is 30.9. The Morgan fingerprint density at radius 3 is 1.57 bits per heavy atom. The molecule has 10 heteroatoms. The summed E-state index contributed by atoms with van der Waals surface area (Å²) in [4.78, 5) is 23.5. The van der Waals surface area contributed by atoms with Crippen LogP contribution in [0, 0.1) is 5.92 Å². The maximum Gasteiger partial charge on any atom is 1.00 e. The number of hydrogen-bond donors (Lipinski definition) is 1. The third-order valence-electron chi connectivity index (χ3n) is 5.40. The van der Waals surface area contributed by atoms with E-state index in [4.69, 9.17) is 0 Å². The van der Waals surface area contributed by atoms with Gasteiger partial charge in [0.1, 0.15) is 4.75 Å². The standard InChI is InChI=1S/C20H38O7S.2Na/c1-3-5-7-9-11-13-15-17(18(21)22)20(19(23)24,28(25,26)27)16-14-12-10-8-6-4-2;;/h17H,3-16H2,1-2H3,(H,21,22)(H,23,24)(H,25,26,27);;/q;2*+1/p-2. The van der Waals surface area contributed by atoms with Crippen LogP contribution in [-0.2, 0) is 19.7 Å². The van der Waals surface area contributed by atoms with Gasteiger partial charge in [-0.1, -0.05) is 90.9 Å². The molecule has 0 amide bonds. The van der Waals surface area contributed by atoms with Gasteiger partial charge in [-0.05, 0) is 12.8 Å². The monoisotopic (exact) mass is 466 g/mol. The summed E-state index contributed by atoms with van der Waals surface area (Å²) in [5.74, 6) is -5.68. The summed E-state index contributed by atoms with van der Waals surface area (Å²) in [5, 5.41) is 23.5. The van der Waals surface area contributed by atoms with Crippen LogP contribution in [0.5, 0.6) is 0 Å². The van der Waals surface area contributed by atoms with Crippen molar-refractivity contribution >= 4 is 22.1 Å². The molecule has 1 N–H and O–H groups in total. The van der Waals surface area contributed by atoms with Gasteiger partial charge in [-0.15, -0.1) is 0 Å². The Morgan fingerprint density at radius 1 is 0.800 bits per heavy atom. The fraction of sp³-hybridized carbons (Fsp3) is 0.900. The fourth-order valence-corrected chi connectivity index (χ4v) is 4.86. The molecule has 0 aromatic rings. The second kappa shape index (κ2) is 19.3. The summed E-state index contributed by atoms with van der Waals surface area (Å²) in [6, 6.07) is 0. The van der Waals surface area contributed by atoms with Gasteiger partial charge in [-0.2, -0.15) is 8.42 Å². The summed E-state index contributed by atoms with van der Waals surface area (Å²) in [6.07, 6.45) is 8.78. The molecule has 0 spiro atoms. The van der Waals surface area contributed by atoms with Crippen LogP contribution in [0.15, 0.2) is 0 Å². The molecule has 0 rings (SSSR count). The quantitative estimate of drug-likeness (QED) is 0.125. The molecule has 0 fully saturated rings. The van der Waals surface area contributed by atoms with Crippen LogP contribution in [0.2, 0.25) is 0 Å². The number of hydrogen-bond acceptors (Lipinski definition) is 6. The van der Waals surface area contributed by atoms with Crippen molar-refractivity contribution in [3.8, 4) is 0 Å². The van der Waals surface area contributed by atoms with Crippen molar-refractivity contribution in [2.45, 2.75) is 108 Å². The maximum absolute atomic E-state index is 12.0. The zero-order chi connectivity index (χ0) is 21.6. The van der Waals surface area contributed by atoms with Gasteiger partial charge in [0.15, 0.2) is 0 Å². The predicted molar refractivity (Wildman–Crippen MR) is 104 cm³/mol. The molecule has 166 valence electrons. The average Bonchev–Trinajstić information content (AvgIpc) is 2.60. The molecule has 0 aliphatic rings.